The molecule has 1 saturated heterocycles. The SMILES string of the molecule is COc1cc(Br)cc(/C=C2\SC(=O)N(Cc3ccc(Cl)cc3Cl)C2=O)c1O. The molecule has 2 amide bonds. The number of nitrogens with zero attached hydrogens (tertiary/aromatic N) is 1. The molecule has 3 rings (SSSR count). The first kappa shape index (κ1) is 20.1. The first-order valence-electron chi connectivity index (χ1n) is 7.56. The molecule has 0 aliphatic carbocycles. The fourth-order valence-electron chi connectivity index (χ4n) is 2.46. The zero-order valence-electron chi connectivity index (χ0n) is 13.8. The van der Waals surface area contributed by atoms with Crippen molar-refractivity contribution in [2.45, 2.75) is 6.54 Å². The lowest BCUT2D eigenvalue weighted by atomic mass is 10.1. The van der Waals surface area contributed by atoms with Gasteiger partial charge in [0.2, 0.25) is 0 Å². The Morgan fingerprint density at radius 1 is 1.26 bits per heavy atom. The smallest absolute Gasteiger partial charge is 0.293 e. The molecule has 2 aromatic rings. The van der Waals surface area contributed by atoms with Gasteiger partial charge in [0.15, 0.2) is 11.5 Å². The van der Waals surface area contributed by atoms with Crippen LogP contribution in [0.2, 0.25) is 10.0 Å². The van der Waals surface area contributed by atoms with E-state index in [9.17, 15) is 14.7 Å². The number of amides is 2. The number of aromatic hydroxyl groups is 1. The van der Waals surface area contributed by atoms with Crippen LogP contribution in [0.3, 0.4) is 0 Å². The van der Waals surface area contributed by atoms with E-state index in [0.29, 0.717) is 25.6 Å². The molecule has 0 atom stereocenters. The summed E-state index contributed by atoms with van der Waals surface area (Å²) in [7, 11) is 1.43. The van der Waals surface area contributed by atoms with Crippen molar-refractivity contribution in [1.82, 2.24) is 4.90 Å². The zero-order valence-corrected chi connectivity index (χ0v) is 17.7. The second-order valence-electron chi connectivity index (χ2n) is 5.55. The predicted molar refractivity (Wildman–Crippen MR) is 110 cm³/mol. The number of ether oxygens (including phenoxy) is 1. The van der Waals surface area contributed by atoms with E-state index in [2.05, 4.69) is 15.9 Å². The van der Waals surface area contributed by atoms with Gasteiger partial charge in [0, 0.05) is 20.1 Å². The van der Waals surface area contributed by atoms with Crippen LogP contribution in [0.25, 0.3) is 6.08 Å². The molecule has 0 radical (unpaired) electrons. The lowest BCUT2D eigenvalue weighted by Crippen LogP contribution is -2.27. The number of phenolic OH excluding ortho intramolecular Hbond substituents is 1. The molecule has 0 spiro atoms. The van der Waals surface area contributed by atoms with Crippen LogP contribution in [-0.4, -0.2) is 28.3 Å². The Hall–Kier alpha value is -1.67. The highest BCUT2D eigenvalue weighted by molar-refractivity contribution is 9.10. The minimum atomic E-state index is -0.464. The van der Waals surface area contributed by atoms with Gasteiger partial charge < -0.3 is 9.84 Å². The van der Waals surface area contributed by atoms with Crippen LogP contribution in [0.15, 0.2) is 39.7 Å². The molecular formula is C18H12BrCl2NO4S. The number of carbonyl (C=O) groups excluding carboxylic acids is 2. The van der Waals surface area contributed by atoms with E-state index in [1.807, 2.05) is 0 Å². The van der Waals surface area contributed by atoms with E-state index in [4.69, 9.17) is 27.9 Å². The maximum Gasteiger partial charge on any atom is 0.293 e. The maximum atomic E-state index is 12.7. The van der Waals surface area contributed by atoms with Crippen LogP contribution in [0.1, 0.15) is 11.1 Å². The number of hydrogen-bond donors (Lipinski definition) is 1. The number of rotatable bonds is 4. The van der Waals surface area contributed by atoms with E-state index in [1.165, 1.54) is 13.2 Å². The molecule has 5 nitrogen and oxygen atoms in total. The molecule has 9 heteroatoms. The van der Waals surface area contributed by atoms with Gasteiger partial charge >= 0.3 is 0 Å². The highest BCUT2D eigenvalue weighted by atomic mass is 79.9. The van der Waals surface area contributed by atoms with Crippen molar-refractivity contribution in [3.05, 3.63) is 60.9 Å². The molecule has 0 bridgehead atoms. The number of carbonyl (C=O) groups is 2. The van der Waals surface area contributed by atoms with Crippen LogP contribution in [-0.2, 0) is 11.3 Å². The van der Waals surface area contributed by atoms with Gasteiger partial charge in [0.1, 0.15) is 0 Å². The molecule has 1 N–H and O–H groups in total. The van der Waals surface area contributed by atoms with Crippen molar-refractivity contribution in [1.29, 1.82) is 0 Å². The Labute approximate surface area is 178 Å². The van der Waals surface area contributed by atoms with Gasteiger partial charge in [-0.2, -0.15) is 0 Å². The molecule has 1 heterocycles. The zero-order chi connectivity index (χ0) is 19.7. The standard InChI is InChI=1S/C18H12BrCl2NO4S/c1-26-14-6-11(19)4-10(16(14)23)5-15-17(24)22(18(25)27-15)8-9-2-3-12(20)7-13(9)21/h2-7,23H,8H2,1H3/b15-5-. The van der Waals surface area contributed by atoms with Crippen molar-refractivity contribution in [3.63, 3.8) is 0 Å². The van der Waals surface area contributed by atoms with Crippen LogP contribution in [0.4, 0.5) is 4.79 Å². The minimum Gasteiger partial charge on any atom is -0.504 e. The molecule has 0 aromatic heterocycles. The van der Waals surface area contributed by atoms with Crippen molar-refractivity contribution in [3.8, 4) is 11.5 Å². The molecule has 140 valence electrons. The number of phenols is 1. The van der Waals surface area contributed by atoms with E-state index < -0.39 is 11.1 Å². The van der Waals surface area contributed by atoms with Crippen molar-refractivity contribution in [2.24, 2.45) is 0 Å². The normalized spacial score (nSPS) is 15.7. The fourth-order valence-corrected chi connectivity index (χ4v) is 4.21. The number of halogens is 3. The van der Waals surface area contributed by atoms with Gasteiger partial charge in [-0.15, -0.1) is 0 Å². The summed E-state index contributed by atoms with van der Waals surface area (Å²) in [6, 6.07) is 8.09. The molecule has 0 unspecified atom stereocenters. The third-order valence-corrected chi connectivity index (χ3v) is 5.75. The Kier molecular flexibility index (Phi) is 6.05. The Morgan fingerprint density at radius 2 is 2.00 bits per heavy atom. The van der Waals surface area contributed by atoms with Gasteiger partial charge in [-0.1, -0.05) is 45.2 Å². The summed E-state index contributed by atoms with van der Waals surface area (Å²) in [6.45, 7) is 0.0335. The highest BCUT2D eigenvalue weighted by Crippen LogP contribution is 2.39. The number of thioether (sulfide) groups is 1. The van der Waals surface area contributed by atoms with Crippen LogP contribution in [0.5, 0.6) is 11.5 Å². The van der Waals surface area contributed by atoms with E-state index in [-0.39, 0.29) is 22.9 Å². The lowest BCUT2D eigenvalue weighted by Gasteiger charge is -2.13. The molecular weight excluding hydrogens is 477 g/mol. The largest absolute Gasteiger partial charge is 0.504 e. The molecule has 1 aliphatic heterocycles. The molecule has 27 heavy (non-hydrogen) atoms. The summed E-state index contributed by atoms with van der Waals surface area (Å²) in [5.74, 6) is -0.328. The molecule has 1 aliphatic rings. The lowest BCUT2D eigenvalue weighted by molar-refractivity contribution is -0.123. The summed E-state index contributed by atoms with van der Waals surface area (Å²) in [6.07, 6.45) is 1.46. The van der Waals surface area contributed by atoms with Crippen molar-refractivity contribution in [2.75, 3.05) is 7.11 Å². The number of imide groups is 1. The monoisotopic (exact) mass is 487 g/mol. The summed E-state index contributed by atoms with van der Waals surface area (Å²) < 4.78 is 5.76. The van der Waals surface area contributed by atoms with E-state index in [1.54, 1.807) is 30.3 Å². The summed E-state index contributed by atoms with van der Waals surface area (Å²) in [4.78, 5) is 26.3. The summed E-state index contributed by atoms with van der Waals surface area (Å²) in [5, 5.41) is 10.7. The van der Waals surface area contributed by atoms with Crippen LogP contribution in [0, 0.1) is 0 Å². The first-order chi connectivity index (χ1) is 12.8. The quantitative estimate of drug-likeness (QED) is 0.558. The second-order valence-corrected chi connectivity index (χ2v) is 8.30. The first-order valence-corrected chi connectivity index (χ1v) is 9.92. The second kappa shape index (κ2) is 8.14. The van der Waals surface area contributed by atoms with E-state index >= 15 is 0 Å². The third kappa shape index (κ3) is 4.27. The Bertz CT molecular complexity index is 980. The van der Waals surface area contributed by atoms with Gasteiger partial charge in [-0.25, -0.2) is 0 Å². The topological polar surface area (TPSA) is 66.8 Å². The highest BCUT2D eigenvalue weighted by Gasteiger charge is 2.35. The Morgan fingerprint density at radius 3 is 2.67 bits per heavy atom. The van der Waals surface area contributed by atoms with Gasteiger partial charge in [-0.05, 0) is 47.7 Å². The number of methoxy groups -OCH3 is 1. The molecule has 0 saturated carbocycles. The van der Waals surface area contributed by atoms with E-state index in [0.717, 1.165) is 16.7 Å². The molecule has 1 fully saturated rings. The average Bonchev–Trinajstić information content (AvgIpc) is 2.87. The van der Waals surface area contributed by atoms with Crippen molar-refractivity contribution < 1.29 is 19.4 Å². The van der Waals surface area contributed by atoms with Gasteiger partial charge in [-0.3, -0.25) is 14.5 Å². The average molecular weight is 489 g/mol. The summed E-state index contributed by atoms with van der Waals surface area (Å²) in [5.41, 5.74) is 0.966. The van der Waals surface area contributed by atoms with Crippen LogP contribution < -0.4 is 4.74 Å². The maximum absolute atomic E-state index is 12.7. The number of hydrogen-bond acceptors (Lipinski definition) is 5. The fraction of sp³-hybridized carbons (Fsp3) is 0.111. The predicted octanol–water partition coefficient (Wildman–Crippen LogP) is 5.71. The van der Waals surface area contributed by atoms with Crippen LogP contribution >= 0.6 is 50.9 Å². The minimum absolute atomic E-state index is 0.0335. The Balaban J connectivity index is 1.90. The summed E-state index contributed by atoms with van der Waals surface area (Å²) >= 11 is 16.1. The van der Waals surface area contributed by atoms with Crippen molar-refractivity contribution >= 4 is 68.1 Å². The van der Waals surface area contributed by atoms with Gasteiger partial charge in [0.05, 0.1) is 18.6 Å². The van der Waals surface area contributed by atoms with Gasteiger partial charge in [0.25, 0.3) is 11.1 Å². The molecule has 2 aromatic carbocycles. The third-order valence-electron chi connectivity index (χ3n) is 3.79. The number of benzene rings is 2.